The standard InChI is InChI=1S/C18H18ClFN2O2S/c1-18(2,3)11-8-13(19)15(23)14(9-11)21-17(25)22-16(24)10-4-6-12(20)7-5-10/h4-9,23H,1-3H3,(H2,21,22,24,25). The van der Waals surface area contributed by atoms with Crippen molar-refractivity contribution >= 4 is 40.5 Å². The minimum Gasteiger partial charge on any atom is -0.504 e. The molecule has 0 spiro atoms. The Kier molecular flexibility index (Phi) is 5.65. The third kappa shape index (κ3) is 4.90. The summed E-state index contributed by atoms with van der Waals surface area (Å²) in [6, 6.07) is 8.47. The van der Waals surface area contributed by atoms with Crippen molar-refractivity contribution in [1.82, 2.24) is 5.32 Å². The van der Waals surface area contributed by atoms with E-state index in [1.165, 1.54) is 24.3 Å². The number of carbonyl (C=O) groups excluding carboxylic acids is 1. The molecule has 0 unspecified atom stereocenters. The molecular formula is C18H18ClFN2O2S. The maximum absolute atomic E-state index is 12.9. The Morgan fingerprint density at radius 3 is 2.36 bits per heavy atom. The monoisotopic (exact) mass is 380 g/mol. The SMILES string of the molecule is CC(C)(C)c1cc(Cl)c(O)c(NC(=S)NC(=O)c2ccc(F)cc2)c1. The lowest BCUT2D eigenvalue weighted by Crippen LogP contribution is -2.34. The number of nitrogens with one attached hydrogen (secondary N) is 2. The smallest absolute Gasteiger partial charge is 0.257 e. The number of amides is 1. The van der Waals surface area contributed by atoms with E-state index in [1.54, 1.807) is 12.1 Å². The van der Waals surface area contributed by atoms with Crippen LogP contribution in [0.1, 0.15) is 36.7 Å². The van der Waals surface area contributed by atoms with Gasteiger partial charge in [-0.15, -0.1) is 0 Å². The number of phenolic OH excluding ortho intramolecular Hbond substituents is 1. The van der Waals surface area contributed by atoms with Crippen LogP contribution in [0.3, 0.4) is 0 Å². The maximum atomic E-state index is 12.9. The summed E-state index contributed by atoms with van der Waals surface area (Å²) in [4.78, 5) is 12.1. The van der Waals surface area contributed by atoms with Gasteiger partial charge in [-0.05, 0) is 59.6 Å². The molecule has 0 bridgehead atoms. The molecule has 0 aliphatic carbocycles. The van der Waals surface area contributed by atoms with E-state index in [2.05, 4.69) is 10.6 Å². The average Bonchev–Trinajstić information content (AvgIpc) is 2.51. The van der Waals surface area contributed by atoms with Gasteiger partial charge in [-0.1, -0.05) is 32.4 Å². The summed E-state index contributed by atoms with van der Waals surface area (Å²) >= 11 is 11.2. The zero-order valence-electron chi connectivity index (χ0n) is 14.0. The highest BCUT2D eigenvalue weighted by atomic mass is 35.5. The molecule has 0 atom stereocenters. The molecule has 0 radical (unpaired) electrons. The summed E-state index contributed by atoms with van der Waals surface area (Å²) in [5.74, 6) is -1.08. The molecule has 2 aromatic carbocycles. The topological polar surface area (TPSA) is 61.4 Å². The third-order valence-corrected chi connectivity index (χ3v) is 4.00. The summed E-state index contributed by atoms with van der Waals surface area (Å²) < 4.78 is 12.9. The number of phenols is 1. The summed E-state index contributed by atoms with van der Waals surface area (Å²) in [7, 11) is 0. The van der Waals surface area contributed by atoms with Crippen molar-refractivity contribution in [3.63, 3.8) is 0 Å². The lowest BCUT2D eigenvalue weighted by molar-refractivity contribution is 0.0977. The van der Waals surface area contributed by atoms with E-state index in [0.29, 0.717) is 5.69 Å². The van der Waals surface area contributed by atoms with Crippen LogP contribution in [-0.4, -0.2) is 16.1 Å². The van der Waals surface area contributed by atoms with Crippen molar-refractivity contribution in [3.05, 3.63) is 58.4 Å². The second-order valence-electron chi connectivity index (χ2n) is 6.52. The first-order chi connectivity index (χ1) is 11.6. The minimum absolute atomic E-state index is 0.00764. The highest BCUT2D eigenvalue weighted by molar-refractivity contribution is 7.80. The molecule has 2 aromatic rings. The molecule has 25 heavy (non-hydrogen) atoms. The number of halogens is 2. The molecule has 0 aromatic heterocycles. The fourth-order valence-corrected chi connectivity index (χ4v) is 2.48. The Morgan fingerprint density at radius 1 is 1.20 bits per heavy atom. The van der Waals surface area contributed by atoms with Crippen LogP contribution in [0.4, 0.5) is 10.1 Å². The van der Waals surface area contributed by atoms with Crippen LogP contribution in [0.25, 0.3) is 0 Å². The number of benzene rings is 2. The Bertz CT molecular complexity index is 817. The van der Waals surface area contributed by atoms with Crippen molar-refractivity contribution in [1.29, 1.82) is 0 Å². The summed E-state index contributed by atoms with van der Waals surface area (Å²) in [5.41, 5.74) is 1.26. The number of rotatable bonds is 2. The van der Waals surface area contributed by atoms with Gasteiger partial charge >= 0.3 is 0 Å². The van der Waals surface area contributed by atoms with Gasteiger partial charge in [0.25, 0.3) is 5.91 Å². The van der Waals surface area contributed by atoms with Crippen molar-refractivity contribution in [2.45, 2.75) is 26.2 Å². The second-order valence-corrected chi connectivity index (χ2v) is 7.33. The molecule has 1 amide bonds. The highest BCUT2D eigenvalue weighted by Crippen LogP contribution is 2.37. The van der Waals surface area contributed by atoms with Gasteiger partial charge in [-0.25, -0.2) is 4.39 Å². The first-order valence-corrected chi connectivity index (χ1v) is 8.27. The van der Waals surface area contributed by atoms with Gasteiger partial charge in [-0.2, -0.15) is 0 Å². The van der Waals surface area contributed by atoms with Gasteiger partial charge < -0.3 is 10.4 Å². The Labute approximate surface area is 156 Å². The fourth-order valence-electron chi connectivity index (χ4n) is 2.06. The third-order valence-electron chi connectivity index (χ3n) is 3.51. The van der Waals surface area contributed by atoms with E-state index in [-0.39, 0.29) is 26.9 Å². The predicted octanol–water partition coefficient (Wildman–Crippen LogP) is 4.61. The molecule has 2 rings (SSSR count). The van der Waals surface area contributed by atoms with Gasteiger partial charge in [0, 0.05) is 5.56 Å². The van der Waals surface area contributed by atoms with Crippen molar-refractivity contribution < 1.29 is 14.3 Å². The van der Waals surface area contributed by atoms with E-state index in [9.17, 15) is 14.3 Å². The van der Waals surface area contributed by atoms with Crippen LogP contribution in [0, 0.1) is 5.82 Å². The zero-order valence-corrected chi connectivity index (χ0v) is 15.6. The highest BCUT2D eigenvalue weighted by Gasteiger charge is 2.19. The Hall–Kier alpha value is -2.18. The zero-order chi connectivity index (χ0) is 18.8. The fraction of sp³-hybridized carbons (Fsp3) is 0.222. The van der Waals surface area contributed by atoms with Crippen molar-refractivity contribution in [3.8, 4) is 5.75 Å². The van der Waals surface area contributed by atoms with Crippen LogP contribution in [0.15, 0.2) is 36.4 Å². The van der Waals surface area contributed by atoms with Gasteiger partial charge in [-0.3, -0.25) is 10.1 Å². The average molecular weight is 381 g/mol. The second kappa shape index (κ2) is 7.37. The van der Waals surface area contributed by atoms with Crippen molar-refractivity contribution in [2.24, 2.45) is 0 Å². The number of thiocarbonyl (C=S) groups is 1. The molecule has 3 N–H and O–H groups in total. The quantitative estimate of drug-likeness (QED) is 0.526. The molecule has 0 aliphatic rings. The number of carbonyl (C=O) groups is 1. The molecule has 0 saturated carbocycles. The molecule has 132 valence electrons. The Balaban J connectivity index is 2.16. The molecule has 0 fully saturated rings. The molecule has 0 aliphatic heterocycles. The Morgan fingerprint density at radius 2 is 1.80 bits per heavy atom. The van der Waals surface area contributed by atoms with Gasteiger partial charge in [0.15, 0.2) is 10.9 Å². The first-order valence-electron chi connectivity index (χ1n) is 7.49. The van der Waals surface area contributed by atoms with Crippen molar-refractivity contribution in [2.75, 3.05) is 5.32 Å². The molecule has 0 heterocycles. The van der Waals surface area contributed by atoms with E-state index in [4.69, 9.17) is 23.8 Å². The van der Waals surface area contributed by atoms with Crippen LogP contribution in [0.2, 0.25) is 5.02 Å². The molecule has 4 nitrogen and oxygen atoms in total. The van der Waals surface area contributed by atoms with Gasteiger partial charge in [0.1, 0.15) is 5.82 Å². The van der Waals surface area contributed by atoms with E-state index < -0.39 is 11.7 Å². The largest absolute Gasteiger partial charge is 0.504 e. The lowest BCUT2D eigenvalue weighted by Gasteiger charge is -2.21. The number of anilines is 1. The number of hydrogen-bond donors (Lipinski definition) is 3. The van der Waals surface area contributed by atoms with Crippen LogP contribution in [0.5, 0.6) is 5.75 Å². The summed E-state index contributed by atoms with van der Waals surface area (Å²) in [6.07, 6.45) is 0. The van der Waals surface area contributed by atoms with Crippen LogP contribution < -0.4 is 10.6 Å². The van der Waals surface area contributed by atoms with Gasteiger partial charge in [0.05, 0.1) is 10.7 Å². The molecule has 0 saturated heterocycles. The lowest BCUT2D eigenvalue weighted by atomic mass is 9.87. The molecular weight excluding hydrogens is 363 g/mol. The normalized spacial score (nSPS) is 11.1. The van der Waals surface area contributed by atoms with Crippen LogP contribution in [-0.2, 0) is 5.41 Å². The predicted molar refractivity (Wildman–Crippen MR) is 102 cm³/mol. The molecule has 7 heteroatoms. The van der Waals surface area contributed by atoms with Crippen LogP contribution >= 0.6 is 23.8 Å². The number of aromatic hydroxyl groups is 1. The number of hydrogen-bond acceptors (Lipinski definition) is 3. The van der Waals surface area contributed by atoms with E-state index >= 15 is 0 Å². The minimum atomic E-state index is -0.491. The van der Waals surface area contributed by atoms with E-state index in [1.807, 2.05) is 20.8 Å². The summed E-state index contributed by atoms with van der Waals surface area (Å²) in [5, 5.41) is 15.5. The first kappa shape index (κ1) is 19.1. The van der Waals surface area contributed by atoms with Gasteiger partial charge in [0.2, 0.25) is 0 Å². The maximum Gasteiger partial charge on any atom is 0.257 e. The van der Waals surface area contributed by atoms with E-state index in [0.717, 1.165) is 5.56 Å². The summed E-state index contributed by atoms with van der Waals surface area (Å²) in [6.45, 7) is 6.02.